The number of hydrogen-bond acceptors (Lipinski definition) is 4. The molecule has 166 valence electrons. The molecule has 0 bridgehead atoms. The third-order valence-corrected chi connectivity index (χ3v) is 5.32. The van der Waals surface area contributed by atoms with E-state index in [1.807, 2.05) is 18.2 Å². The second-order valence-corrected chi connectivity index (χ2v) is 7.70. The van der Waals surface area contributed by atoms with Gasteiger partial charge in [0.1, 0.15) is 11.4 Å². The summed E-state index contributed by atoms with van der Waals surface area (Å²) < 4.78 is 6.89. The summed E-state index contributed by atoms with van der Waals surface area (Å²) in [4.78, 5) is 37.3. The second kappa shape index (κ2) is 9.18. The maximum absolute atomic E-state index is 13.3. The van der Waals surface area contributed by atoms with Crippen LogP contribution in [0, 0.1) is 0 Å². The minimum atomic E-state index is -0.785. The minimum absolute atomic E-state index is 0.201. The number of hydrogen-bond donors (Lipinski definition) is 2. The molecule has 0 radical (unpaired) electrons. The van der Waals surface area contributed by atoms with Gasteiger partial charge in [0.2, 0.25) is 5.91 Å². The van der Waals surface area contributed by atoms with Gasteiger partial charge in [-0.3, -0.25) is 14.4 Å². The Kier molecular flexibility index (Phi) is 6.15. The first-order valence-electron chi connectivity index (χ1n) is 10.0. The quantitative estimate of drug-likeness (QED) is 0.310. The number of nitrogens with zero attached hydrogens (tertiary/aromatic N) is 1. The van der Waals surface area contributed by atoms with Crippen LogP contribution in [0.15, 0.2) is 72.9 Å². The molecule has 0 aliphatic carbocycles. The number of nitrogens with one attached hydrogen (secondary N) is 2. The molecule has 0 saturated carbocycles. The van der Waals surface area contributed by atoms with Gasteiger partial charge in [-0.05, 0) is 60.2 Å². The second-order valence-electron chi connectivity index (χ2n) is 7.29. The van der Waals surface area contributed by atoms with E-state index >= 15 is 0 Å². The molecule has 2 aromatic carbocycles. The van der Waals surface area contributed by atoms with E-state index in [0.29, 0.717) is 33.3 Å². The highest BCUT2D eigenvalue weighted by Gasteiger charge is 2.25. The molecule has 7 nitrogen and oxygen atoms in total. The fourth-order valence-corrected chi connectivity index (χ4v) is 3.80. The molecular formula is C25H20ClN3O4. The first kappa shape index (κ1) is 22.1. The van der Waals surface area contributed by atoms with Gasteiger partial charge in [0.05, 0.1) is 12.1 Å². The lowest BCUT2D eigenvalue weighted by Crippen LogP contribution is -2.24. The molecule has 0 spiro atoms. The number of aromatic nitrogens is 1. The Labute approximate surface area is 194 Å². The summed E-state index contributed by atoms with van der Waals surface area (Å²) >= 11 is 6.30. The molecule has 0 unspecified atom stereocenters. The topological polar surface area (TPSA) is 88.9 Å². The maximum Gasteiger partial charge on any atom is 0.298 e. The summed E-state index contributed by atoms with van der Waals surface area (Å²) in [6.45, 7) is 1.41. The molecule has 0 atom stereocenters. The number of fused-ring (bicyclic) bond motifs is 1. The van der Waals surface area contributed by atoms with E-state index in [1.54, 1.807) is 59.1 Å². The van der Waals surface area contributed by atoms with Crippen molar-refractivity contribution in [3.8, 4) is 16.9 Å². The number of carbonyl (C=O) groups is 3. The third-order valence-electron chi connectivity index (χ3n) is 5.03. The van der Waals surface area contributed by atoms with Gasteiger partial charge < -0.3 is 19.8 Å². The van der Waals surface area contributed by atoms with Crippen LogP contribution in [0.2, 0.25) is 5.02 Å². The van der Waals surface area contributed by atoms with E-state index < -0.39 is 11.7 Å². The molecule has 0 aliphatic heterocycles. The fraction of sp³-hybridized carbons (Fsp3) is 0.0800. The number of ether oxygens (including phenoxy) is 1. The van der Waals surface area contributed by atoms with E-state index in [-0.39, 0.29) is 11.6 Å². The summed E-state index contributed by atoms with van der Waals surface area (Å²) in [5.74, 6) is -1.17. The Morgan fingerprint density at radius 2 is 1.61 bits per heavy atom. The van der Waals surface area contributed by atoms with E-state index in [0.717, 1.165) is 5.52 Å². The van der Waals surface area contributed by atoms with Crippen LogP contribution in [0.3, 0.4) is 0 Å². The van der Waals surface area contributed by atoms with Crippen molar-refractivity contribution in [1.82, 2.24) is 4.40 Å². The lowest BCUT2D eigenvalue weighted by Gasteiger charge is -2.10. The third kappa shape index (κ3) is 4.58. The predicted octanol–water partition coefficient (Wildman–Crippen LogP) is 5.05. The number of benzene rings is 2. The molecule has 0 saturated heterocycles. The summed E-state index contributed by atoms with van der Waals surface area (Å²) in [5, 5.41) is 5.67. The van der Waals surface area contributed by atoms with E-state index in [4.69, 9.17) is 16.3 Å². The summed E-state index contributed by atoms with van der Waals surface area (Å²) in [5.41, 5.74) is 3.25. The summed E-state index contributed by atoms with van der Waals surface area (Å²) in [7, 11) is 1.52. The van der Waals surface area contributed by atoms with Gasteiger partial charge in [-0.25, -0.2) is 0 Å². The van der Waals surface area contributed by atoms with Crippen molar-refractivity contribution in [3.63, 3.8) is 0 Å². The van der Waals surface area contributed by atoms with Crippen molar-refractivity contribution in [2.24, 2.45) is 0 Å². The number of ketones is 1. The van der Waals surface area contributed by atoms with Crippen molar-refractivity contribution in [1.29, 1.82) is 0 Å². The molecular weight excluding hydrogens is 442 g/mol. The van der Waals surface area contributed by atoms with Crippen molar-refractivity contribution in [2.45, 2.75) is 6.92 Å². The number of pyridine rings is 1. The van der Waals surface area contributed by atoms with Crippen LogP contribution in [0.4, 0.5) is 11.4 Å². The van der Waals surface area contributed by atoms with Crippen molar-refractivity contribution in [3.05, 3.63) is 83.6 Å². The van der Waals surface area contributed by atoms with Crippen molar-refractivity contribution in [2.75, 3.05) is 17.7 Å². The molecule has 33 heavy (non-hydrogen) atoms. The number of amides is 2. The Morgan fingerprint density at radius 1 is 0.909 bits per heavy atom. The molecule has 0 fully saturated rings. The normalized spacial score (nSPS) is 10.6. The van der Waals surface area contributed by atoms with Gasteiger partial charge >= 0.3 is 0 Å². The summed E-state index contributed by atoms with van der Waals surface area (Å²) in [6.07, 6.45) is 1.73. The predicted molar refractivity (Wildman–Crippen MR) is 128 cm³/mol. The average molecular weight is 462 g/mol. The molecule has 4 aromatic rings. The van der Waals surface area contributed by atoms with Gasteiger partial charge in [-0.2, -0.15) is 0 Å². The number of anilines is 2. The smallest absolute Gasteiger partial charge is 0.298 e. The van der Waals surface area contributed by atoms with Crippen LogP contribution >= 0.6 is 11.6 Å². The Balaban J connectivity index is 1.69. The van der Waals surface area contributed by atoms with Crippen molar-refractivity contribution >= 4 is 46.1 Å². The Bertz CT molecular complexity index is 1380. The van der Waals surface area contributed by atoms with Crippen LogP contribution in [0.25, 0.3) is 16.6 Å². The Morgan fingerprint density at radius 3 is 2.24 bits per heavy atom. The maximum atomic E-state index is 13.3. The molecule has 2 aromatic heterocycles. The molecule has 8 heteroatoms. The largest absolute Gasteiger partial charge is 0.495 e. The first-order valence-corrected chi connectivity index (χ1v) is 10.4. The zero-order valence-electron chi connectivity index (χ0n) is 17.9. The lowest BCUT2D eigenvalue weighted by atomic mass is 10.0. The SMILES string of the molecule is COc1ccc(-c2cc3ccccn3c2C(=O)C(=O)Nc2ccc(NC(C)=O)cc2)cc1Cl. The molecule has 2 heterocycles. The van der Waals surface area contributed by atoms with E-state index in [1.165, 1.54) is 14.0 Å². The molecule has 2 amide bonds. The Hall–Kier alpha value is -4.10. The van der Waals surface area contributed by atoms with E-state index in [9.17, 15) is 14.4 Å². The van der Waals surface area contributed by atoms with Crippen LogP contribution in [0.5, 0.6) is 5.75 Å². The number of rotatable bonds is 6. The van der Waals surface area contributed by atoms with E-state index in [2.05, 4.69) is 10.6 Å². The van der Waals surface area contributed by atoms with Crippen LogP contribution < -0.4 is 15.4 Å². The van der Waals surface area contributed by atoms with Gasteiger partial charge in [0, 0.05) is 35.6 Å². The fourth-order valence-electron chi connectivity index (χ4n) is 3.54. The zero-order valence-corrected chi connectivity index (χ0v) is 18.6. The summed E-state index contributed by atoms with van der Waals surface area (Å²) in [6, 6.07) is 19.0. The van der Waals surface area contributed by atoms with Gasteiger partial charge in [0.15, 0.2) is 0 Å². The molecule has 0 aliphatic rings. The lowest BCUT2D eigenvalue weighted by molar-refractivity contribution is -0.114. The highest BCUT2D eigenvalue weighted by Crippen LogP contribution is 2.34. The van der Waals surface area contributed by atoms with Gasteiger partial charge in [-0.15, -0.1) is 0 Å². The highest BCUT2D eigenvalue weighted by molar-refractivity contribution is 6.47. The van der Waals surface area contributed by atoms with Crippen LogP contribution in [0.1, 0.15) is 17.4 Å². The number of methoxy groups -OCH3 is 1. The molecule has 2 N–H and O–H groups in total. The number of Topliss-reactive ketones (excluding diaryl/α,β-unsaturated/α-hetero) is 1. The number of carbonyl (C=O) groups excluding carboxylic acids is 3. The van der Waals surface area contributed by atoms with Gasteiger partial charge in [0.25, 0.3) is 11.7 Å². The standard InChI is InChI=1S/C25H20ClN3O4/c1-15(30)27-17-7-9-18(10-8-17)28-25(32)24(31)23-20(14-19-5-3-4-12-29(19)23)16-6-11-22(33-2)21(26)13-16/h3-14H,1-2H3,(H,27,30)(H,28,32). The minimum Gasteiger partial charge on any atom is -0.495 e. The van der Waals surface area contributed by atoms with Crippen LogP contribution in [-0.2, 0) is 9.59 Å². The number of halogens is 1. The van der Waals surface area contributed by atoms with Crippen molar-refractivity contribution < 1.29 is 19.1 Å². The molecule has 4 rings (SSSR count). The van der Waals surface area contributed by atoms with Crippen LogP contribution in [-0.4, -0.2) is 29.1 Å². The zero-order chi connectivity index (χ0) is 23.5. The highest BCUT2D eigenvalue weighted by atomic mass is 35.5. The monoisotopic (exact) mass is 461 g/mol. The average Bonchev–Trinajstić information content (AvgIpc) is 3.19. The first-order chi connectivity index (χ1) is 15.9. The van der Waals surface area contributed by atoms with Gasteiger partial charge in [-0.1, -0.05) is 23.7 Å².